The van der Waals surface area contributed by atoms with Crippen molar-refractivity contribution in [2.24, 2.45) is 0 Å². The molecule has 0 bridgehead atoms. The predicted molar refractivity (Wildman–Crippen MR) is 111 cm³/mol. The Hall–Kier alpha value is -4.01. The molecule has 3 aromatic rings. The molecule has 9 nitrogen and oxygen atoms in total. The number of carbonyl (C=O) groups is 2. The van der Waals surface area contributed by atoms with E-state index in [-0.39, 0.29) is 17.1 Å². The Morgan fingerprint density at radius 2 is 1.58 bits per heavy atom. The van der Waals surface area contributed by atoms with E-state index in [4.69, 9.17) is 23.5 Å². The molecule has 2 aromatic carbocycles. The number of hydrogen-bond acceptors (Lipinski definition) is 8. The van der Waals surface area contributed by atoms with Gasteiger partial charge >= 0.3 is 5.97 Å². The lowest BCUT2D eigenvalue weighted by atomic mass is 10.1. The van der Waals surface area contributed by atoms with E-state index in [1.807, 2.05) is 0 Å². The van der Waals surface area contributed by atoms with E-state index in [9.17, 15) is 9.59 Å². The van der Waals surface area contributed by atoms with Crippen LogP contribution in [0, 0.1) is 6.92 Å². The van der Waals surface area contributed by atoms with Crippen molar-refractivity contribution in [2.45, 2.75) is 13.0 Å². The first-order valence-corrected chi connectivity index (χ1v) is 9.27. The van der Waals surface area contributed by atoms with Gasteiger partial charge in [-0.2, -0.15) is 0 Å². The van der Waals surface area contributed by atoms with Crippen molar-refractivity contribution in [1.29, 1.82) is 0 Å². The molecule has 3 rings (SSSR count). The van der Waals surface area contributed by atoms with Gasteiger partial charge in [0.05, 0.1) is 21.3 Å². The maximum absolute atomic E-state index is 13.0. The van der Waals surface area contributed by atoms with Crippen LogP contribution < -0.4 is 19.5 Å². The van der Waals surface area contributed by atoms with Crippen molar-refractivity contribution in [3.63, 3.8) is 0 Å². The summed E-state index contributed by atoms with van der Waals surface area (Å²) in [7, 11) is 4.32. The third kappa shape index (κ3) is 4.95. The molecule has 1 heterocycles. The zero-order valence-electron chi connectivity index (χ0n) is 17.5. The second-order valence-electron chi connectivity index (χ2n) is 6.42. The predicted octanol–water partition coefficient (Wildman–Crippen LogP) is 3.55. The van der Waals surface area contributed by atoms with Crippen LogP contribution in [0.2, 0.25) is 0 Å². The van der Waals surface area contributed by atoms with Gasteiger partial charge in [-0.1, -0.05) is 35.5 Å². The highest BCUT2D eigenvalue weighted by molar-refractivity contribution is 5.99. The minimum Gasteiger partial charge on any atom is -0.496 e. The monoisotopic (exact) mass is 426 g/mol. The summed E-state index contributed by atoms with van der Waals surface area (Å²) in [5, 5.41) is 6.33. The van der Waals surface area contributed by atoms with E-state index >= 15 is 0 Å². The highest BCUT2D eigenvalue weighted by Crippen LogP contribution is 2.35. The summed E-state index contributed by atoms with van der Waals surface area (Å²) in [4.78, 5) is 25.9. The van der Waals surface area contributed by atoms with Crippen LogP contribution >= 0.6 is 0 Å². The van der Waals surface area contributed by atoms with Gasteiger partial charge in [-0.05, 0) is 6.92 Å². The minimum atomic E-state index is -1.25. The first-order valence-electron chi connectivity index (χ1n) is 9.27. The smallest absolute Gasteiger partial charge is 0.343 e. The fourth-order valence-electron chi connectivity index (χ4n) is 2.88. The zero-order valence-corrected chi connectivity index (χ0v) is 17.5. The second-order valence-corrected chi connectivity index (χ2v) is 6.42. The number of carbonyl (C=O) groups excluding carboxylic acids is 2. The fourth-order valence-corrected chi connectivity index (χ4v) is 2.88. The van der Waals surface area contributed by atoms with Gasteiger partial charge in [-0.15, -0.1) is 0 Å². The molecule has 1 aromatic heterocycles. The number of amides is 1. The number of nitrogens with one attached hydrogen (secondary N) is 1. The van der Waals surface area contributed by atoms with Crippen LogP contribution in [0.1, 0.15) is 27.8 Å². The van der Waals surface area contributed by atoms with Crippen LogP contribution in [-0.4, -0.2) is 38.4 Å². The van der Waals surface area contributed by atoms with Crippen molar-refractivity contribution in [2.75, 3.05) is 26.6 Å². The average molecular weight is 426 g/mol. The van der Waals surface area contributed by atoms with Crippen molar-refractivity contribution in [1.82, 2.24) is 5.16 Å². The van der Waals surface area contributed by atoms with Crippen LogP contribution in [0.4, 0.5) is 5.82 Å². The molecule has 31 heavy (non-hydrogen) atoms. The lowest BCUT2D eigenvalue weighted by Crippen LogP contribution is -2.26. The molecule has 0 aliphatic rings. The summed E-state index contributed by atoms with van der Waals surface area (Å²) in [6.07, 6.45) is -1.25. The maximum atomic E-state index is 13.0. The van der Waals surface area contributed by atoms with Crippen molar-refractivity contribution in [3.05, 3.63) is 65.4 Å². The lowest BCUT2D eigenvalue weighted by Gasteiger charge is -2.19. The molecule has 0 fully saturated rings. The second kappa shape index (κ2) is 9.66. The fraction of sp³-hybridized carbons (Fsp3) is 0.227. The standard InChI is InChI=1S/C22H22N2O7/c1-13-10-19(24-31-13)23-21(25)20(14-8-6-5-7-9-14)30-22(26)15-11-17(28-3)18(29-4)12-16(15)27-2/h5-12,20H,1-4H3,(H,23,24,25). The van der Waals surface area contributed by atoms with Gasteiger partial charge in [0.1, 0.15) is 17.1 Å². The number of nitrogens with zero attached hydrogens (tertiary/aromatic N) is 1. The topological polar surface area (TPSA) is 109 Å². The molecule has 0 saturated carbocycles. The third-order valence-electron chi connectivity index (χ3n) is 4.37. The molecule has 162 valence electrons. The number of ether oxygens (including phenoxy) is 4. The van der Waals surface area contributed by atoms with E-state index in [0.29, 0.717) is 22.8 Å². The number of esters is 1. The Kier molecular flexibility index (Phi) is 6.76. The molecule has 9 heteroatoms. The SMILES string of the molecule is COc1cc(OC)c(C(=O)OC(C(=O)Nc2cc(C)on2)c2ccccc2)cc1OC. The Morgan fingerprint density at radius 3 is 2.16 bits per heavy atom. The summed E-state index contributed by atoms with van der Waals surface area (Å²) in [6.45, 7) is 1.70. The first-order chi connectivity index (χ1) is 15.0. The molecule has 0 saturated heterocycles. The lowest BCUT2D eigenvalue weighted by molar-refractivity contribution is -0.125. The van der Waals surface area contributed by atoms with Crippen molar-refractivity contribution < 1.29 is 33.1 Å². The number of hydrogen-bond donors (Lipinski definition) is 1. The number of methoxy groups -OCH3 is 3. The number of aryl methyl sites for hydroxylation is 1. The molecule has 0 radical (unpaired) electrons. The summed E-state index contributed by atoms with van der Waals surface area (Å²) in [5.41, 5.74) is 0.555. The number of anilines is 1. The van der Waals surface area contributed by atoms with E-state index in [1.165, 1.54) is 33.5 Å². The zero-order chi connectivity index (χ0) is 22.4. The highest BCUT2D eigenvalue weighted by Gasteiger charge is 2.28. The number of aromatic nitrogens is 1. The van der Waals surface area contributed by atoms with Crippen molar-refractivity contribution >= 4 is 17.7 Å². The molecule has 1 N–H and O–H groups in total. The van der Waals surface area contributed by atoms with Gasteiger partial charge in [0.25, 0.3) is 5.91 Å². The molecule has 1 amide bonds. The minimum absolute atomic E-state index is 0.0751. The molecule has 0 aliphatic heterocycles. The summed E-state index contributed by atoms with van der Waals surface area (Å²) in [6, 6.07) is 13.1. The molecular weight excluding hydrogens is 404 g/mol. The Labute approximate surface area is 178 Å². The third-order valence-corrected chi connectivity index (χ3v) is 4.37. The van der Waals surface area contributed by atoms with Gasteiger partial charge in [0.2, 0.25) is 6.10 Å². The summed E-state index contributed by atoms with van der Waals surface area (Å²) < 4.78 is 26.3. The van der Waals surface area contributed by atoms with Crippen LogP contribution in [0.5, 0.6) is 17.2 Å². The maximum Gasteiger partial charge on any atom is 0.343 e. The Balaban J connectivity index is 1.92. The number of rotatable bonds is 8. The molecule has 0 aliphatic carbocycles. The van der Waals surface area contributed by atoms with E-state index in [1.54, 1.807) is 43.3 Å². The number of benzene rings is 2. The normalized spacial score (nSPS) is 11.4. The van der Waals surface area contributed by atoms with E-state index in [0.717, 1.165) is 0 Å². The van der Waals surface area contributed by atoms with Gasteiger partial charge in [0.15, 0.2) is 17.3 Å². The first kappa shape index (κ1) is 21.7. The Bertz CT molecular complexity index is 1060. The molecule has 0 spiro atoms. The highest BCUT2D eigenvalue weighted by atomic mass is 16.6. The quantitative estimate of drug-likeness (QED) is 0.545. The van der Waals surface area contributed by atoms with E-state index in [2.05, 4.69) is 10.5 Å². The van der Waals surface area contributed by atoms with Crippen LogP contribution in [0.3, 0.4) is 0 Å². The van der Waals surface area contributed by atoms with Crippen LogP contribution in [-0.2, 0) is 9.53 Å². The summed E-state index contributed by atoms with van der Waals surface area (Å²) >= 11 is 0. The van der Waals surface area contributed by atoms with Crippen molar-refractivity contribution in [3.8, 4) is 17.2 Å². The largest absolute Gasteiger partial charge is 0.496 e. The summed E-state index contributed by atoms with van der Waals surface area (Å²) in [5.74, 6) is 0.276. The molecule has 1 unspecified atom stereocenters. The van der Waals surface area contributed by atoms with Crippen LogP contribution in [0.15, 0.2) is 53.1 Å². The average Bonchev–Trinajstić information content (AvgIpc) is 3.20. The van der Waals surface area contributed by atoms with Crippen LogP contribution in [0.25, 0.3) is 0 Å². The van der Waals surface area contributed by atoms with E-state index < -0.39 is 18.0 Å². The van der Waals surface area contributed by atoms with Gasteiger partial charge < -0.3 is 28.8 Å². The van der Waals surface area contributed by atoms with Gasteiger partial charge in [-0.3, -0.25) is 4.79 Å². The van der Waals surface area contributed by atoms with Gasteiger partial charge in [-0.25, -0.2) is 4.79 Å². The molecule has 1 atom stereocenters. The Morgan fingerprint density at radius 1 is 0.935 bits per heavy atom. The molecular formula is C22H22N2O7. The van der Waals surface area contributed by atoms with Gasteiger partial charge in [0, 0.05) is 23.8 Å².